The van der Waals surface area contributed by atoms with E-state index < -0.39 is 23.6 Å². The maximum atomic E-state index is 10.7. The first-order chi connectivity index (χ1) is 7.28. The van der Waals surface area contributed by atoms with E-state index in [0.29, 0.717) is 19.3 Å². The van der Waals surface area contributed by atoms with Gasteiger partial charge in [0, 0.05) is 6.42 Å². The van der Waals surface area contributed by atoms with Crippen LogP contribution < -0.4 is 5.73 Å². The summed E-state index contributed by atoms with van der Waals surface area (Å²) < 4.78 is 0. The maximum Gasteiger partial charge on any atom is 0.326 e. The molecule has 0 aliphatic rings. The average Bonchev–Trinajstić information content (AvgIpc) is 2.16. The highest BCUT2D eigenvalue weighted by Crippen LogP contribution is 2.14. The van der Waals surface area contributed by atoms with Gasteiger partial charge in [-0.2, -0.15) is 0 Å². The van der Waals surface area contributed by atoms with Crippen molar-refractivity contribution in [1.29, 1.82) is 0 Å². The average molecular weight is 233 g/mol. The Hall–Kier alpha value is -1.14. The largest absolute Gasteiger partial charge is 0.481 e. The van der Waals surface area contributed by atoms with Crippen molar-refractivity contribution in [1.82, 2.24) is 0 Å². The van der Waals surface area contributed by atoms with Crippen molar-refractivity contribution in [2.75, 3.05) is 0 Å². The van der Waals surface area contributed by atoms with Gasteiger partial charge in [0.25, 0.3) is 0 Å². The third-order valence-corrected chi connectivity index (χ3v) is 2.52. The number of hydrogen-bond donors (Lipinski definition) is 4. The molecule has 0 aliphatic heterocycles. The first-order valence-corrected chi connectivity index (χ1v) is 5.20. The molecule has 0 amide bonds. The summed E-state index contributed by atoms with van der Waals surface area (Å²) in [5, 5.41) is 26.6. The topological polar surface area (TPSA) is 121 Å². The molecule has 0 aromatic heterocycles. The molecule has 0 saturated heterocycles. The lowest BCUT2D eigenvalue weighted by Crippen LogP contribution is -2.54. The Kier molecular flexibility index (Phi) is 5.98. The molecular weight excluding hydrogens is 214 g/mol. The molecule has 6 heteroatoms. The van der Waals surface area contributed by atoms with Gasteiger partial charge in [-0.3, -0.25) is 9.59 Å². The molecule has 0 aromatic carbocycles. The third-order valence-electron chi connectivity index (χ3n) is 2.52. The predicted molar refractivity (Wildman–Crippen MR) is 57.0 cm³/mol. The van der Waals surface area contributed by atoms with Crippen LogP contribution in [0.5, 0.6) is 0 Å². The highest BCUT2D eigenvalue weighted by molar-refractivity contribution is 5.78. The molecule has 0 heterocycles. The van der Waals surface area contributed by atoms with Gasteiger partial charge in [0.2, 0.25) is 0 Å². The van der Waals surface area contributed by atoms with E-state index in [2.05, 4.69) is 0 Å². The van der Waals surface area contributed by atoms with E-state index >= 15 is 0 Å². The van der Waals surface area contributed by atoms with Crippen molar-refractivity contribution in [3.63, 3.8) is 0 Å². The lowest BCUT2D eigenvalue weighted by molar-refractivity contribution is -0.147. The SMILES string of the molecule is CC(N)(C(=O)O)C(O)CCCCCC(=O)O. The van der Waals surface area contributed by atoms with Crippen molar-refractivity contribution in [3.05, 3.63) is 0 Å². The van der Waals surface area contributed by atoms with Gasteiger partial charge in [0.15, 0.2) is 0 Å². The van der Waals surface area contributed by atoms with Crippen LogP contribution in [-0.2, 0) is 9.59 Å². The summed E-state index contributed by atoms with van der Waals surface area (Å²) in [4.78, 5) is 20.9. The fraction of sp³-hybridized carbons (Fsp3) is 0.800. The fourth-order valence-corrected chi connectivity index (χ4v) is 1.23. The molecular formula is C10H19NO5. The number of carboxylic acids is 2. The Labute approximate surface area is 94.1 Å². The predicted octanol–water partition coefficient (Wildman–Crippen LogP) is 0.184. The Morgan fingerprint density at radius 1 is 1.25 bits per heavy atom. The van der Waals surface area contributed by atoms with Gasteiger partial charge < -0.3 is 21.1 Å². The zero-order valence-electron chi connectivity index (χ0n) is 9.35. The summed E-state index contributed by atoms with van der Waals surface area (Å²) in [7, 11) is 0. The van der Waals surface area contributed by atoms with Crippen LogP contribution in [0.15, 0.2) is 0 Å². The molecule has 0 aliphatic carbocycles. The molecule has 2 atom stereocenters. The third kappa shape index (κ3) is 5.09. The second-order valence-electron chi connectivity index (χ2n) is 4.10. The fourth-order valence-electron chi connectivity index (χ4n) is 1.23. The van der Waals surface area contributed by atoms with Crippen LogP contribution >= 0.6 is 0 Å². The minimum absolute atomic E-state index is 0.0922. The molecule has 0 rings (SSSR count). The van der Waals surface area contributed by atoms with Crippen molar-refractivity contribution in [2.45, 2.75) is 50.7 Å². The first kappa shape index (κ1) is 14.9. The second kappa shape index (κ2) is 6.44. The van der Waals surface area contributed by atoms with E-state index in [0.717, 1.165) is 0 Å². The molecule has 16 heavy (non-hydrogen) atoms. The van der Waals surface area contributed by atoms with Crippen LogP contribution in [0.2, 0.25) is 0 Å². The lowest BCUT2D eigenvalue weighted by atomic mass is 9.92. The highest BCUT2D eigenvalue weighted by Gasteiger charge is 2.35. The van der Waals surface area contributed by atoms with Crippen molar-refractivity contribution >= 4 is 11.9 Å². The van der Waals surface area contributed by atoms with Crippen molar-refractivity contribution in [2.24, 2.45) is 5.73 Å². The van der Waals surface area contributed by atoms with Gasteiger partial charge in [-0.25, -0.2) is 0 Å². The zero-order chi connectivity index (χ0) is 12.8. The van der Waals surface area contributed by atoms with Crippen LogP contribution in [0.25, 0.3) is 0 Å². The molecule has 0 spiro atoms. The monoisotopic (exact) mass is 233 g/mol. The van der Waals surface area contributed by atoms with Gasteiger partial charge in [0.1, 0.15) is 5.54 Å². The quantitative estimate of drug-likeness (QED) is 0.444. The number of hydrogen-bond acceptors (Lipinski definition) is 4. The molecule has 0 fully saturated rings. The summed E-state index contributed by atoms with van der Waals surface area (Å²) >= 11 is 0. The minimum Gasteiger partial charge on any atom is -0.481 e. The van der Waals surface area contributed by atoms with Gasteiger partial charge in [0.05, 0.1) is 6.10 Å². The van der Waals surface area contributed by atoms with Gasteiger partial charge in [-0.05, 0) is 19.8 Å². The van der Waals surface area contributed by atoms with Crippen LogP contribution in [0.3, 0.4) is 0 Å². The molecule has 6 nitrogen and oxygen atoms in total. The van der Waals surface area contributed by atoms with E-state index in [-0.39, 0.29) is 12.8 Å². The number of aliphatic hydroxyl groups excluding tert-OH is 1. The number of unbranched alkanes of at least 4 members (excludes halogenated alkanes) is 2. The molecule has 0 aromatic rings. The summed E-state index contributed by atoms with van der Waals surface area (Å²) in [6.45, 7) is 1.26. The number of carbonyl (C=O) groups is 2. The molecule has 94 valence electrons. The van der Waals surface area contributed by atoms with E-state index in [1.807, 2.05) is 0 Å². The van der Waals surface area contributed by atoms with Crippen molar-refractivity contribution < 1.29 is 24.9 Å². The molecule has 0 bridgehead atoms. The Bertz CT molecular complexity index is 252. The van der Waals surface area contributed by atoms with Crippen LogP contribution in [0, 0.1) is 0 Å². The van der Waals surface area contributed by atoms with E-state index in [4.69, 9.17) is 15.9 Å². The molecule has 0 radical (unpaired) electrons. The molecule has 5 N–H and O–H groups in total. The van der Waals surface area contributed by atoms with E-state index in [1.54, 1.807) is 0 Å². The Morgan fingerprint density at radius 3 is 2.25 bits per heavy atom. The Balaban J connectivity index is 3.77. The second-order valence-corrected chi connectivity index (χ2v) is 4.10. The normalized spacial score (nSPS) is 16.4. The summed E-state index contributed by atoms with van der Waals surface area (Å²) in [6, 6.07) is 0. The number of aliphatic carboxylic acids is 2. The van der Waals surface area contributed by atoms with Gasteiger partial charge in [-0.1, -0.05) is 12.8 Å². The smallest absolute Gasteiger partial charge is 0.326 e. The minimum atomic E-state index is -1.65. The van der Waals surface area contributed by atoms with Crippen LogP contribution in [-0.4, -0.2) is 38.9 Å². The van der Waals surface area contributed by atoms with Gasteiger partial charge >= 0.3 is 11.9 Å². The number of nitrogens with two attached hydrogens (primary N) is 1. The molecule has 0 saturated carbocycles. The first-order valence-electron chi connectivity index (χ1n) is 5.20. The van der Waals surface area contributed by atoms with Crippen molar-refractivity contribution in [3.8, 4) is 0 Å². The summed E-state index contributed by atoms with van der Waals surface area (Å²) in [6.07, 6.45) is 0.965. The standard InChI is InChI=1S/C10H19NO5/c1-10(11,9(15)16)7(12)5-3-2-4-6-8(13)14/h7,12H,2-6,11H2,1H3,(H,13,14)(H,15,16). The van der Waals surface area contributed by atoms with E-state index in [9.17, 15) is 14.7 Å². The number of carboxylic acid groups (broad SMARTS) is 2. The number of aliphatic hydroxyl groups is 1. The lowest BCUT2D eigenvalue weighted by Gasteiger charge is -2.25. The Morgan fingerprint density at radius 2 is 1.81 bits per heavy atom. The number of rotatable bonds is 8. The van der Waals surface area contributed by atoms with Crippen LogP contribution in [0.4, 0.5) is 0 Å². The maximum absolute atomic E-state index is 10.7. The van der Waals surface area contributed by atoms with E-state index in [1.165, 1.54) is 6.92 Å². The summed E-state index contributed by atoms with van der Waals surface area (Å²) in [5.41, 5.74) is 3.78. The molecule has 2 unspecified atom stereocenters. The van der Waals surface area contributed by atoms with Gasteiger partial charge in [-0.15, -0.1) is 0 Å². The summed E-state index contributed by atoms with van der Waals surface area (Å²) in [5.74, 6) is -2.10. The zero-order valence-corrected chi connectivity index (χ0v) is 9.35. The van der Waals surface area contributed by atoms with Crippen LogP contribution in [0.1, 0.15) is 39.0 Å². The highest BCUT2D eigenvalue weighted by atomic mass is 16.4.